The second kappa shape index (κ2) is 6.70. The molecule has 0 spiro atoms. The van der Waals surface area contributed by atoms with Gasteiger partial charge < -0.3 is 14.6 Å². The number of fused-ring (bicyclic) bond motifs is 1. The number of aliphatic hydroxyl groups is 1. The minimum atomic E-state index is -3.56. The number of piperidine rings is 2. The predicted octanol–water partition coefficient (Wildman–Crippen LogP) is 2.43. The number of nitrogens with zero attached hydrogens (tertiary/aromatic N) is 2. The van der Waals surface area contributed by atoms with Crippen LogP contribution in [-0.2, 0) is 6.54 Å². The number of benzene rings is 1. The molecule has 25 heavy (non-hydrogen) atoms. The predicted molar refractivity (Wildman–Crippen MR) is 87.8 cm³/mol. The molecule has 3 aliphatic heterocycles. The summed E-state index contributed by atoms with van der Waals surface area (Å²) in [5.74, 6) is 0.204. The number of β-amino-alcohol motifs (C(OH)–C–C–N with tert-alkyl or cyclic N) is 1. The van der Waals surface area contributed by atoms with Crippen molar-refractivity contribution < 1.29 is 23.4 Å². The Morgan fingerprint density at radius 1 is 1.08 bits per heavy atom. The van der Waals surface area contributed by atoms with Crippen LogP contribution in [0.3, 0.4) is 0 Å². The molecule has 0 aliphatic carbocycles. The fourth-order valence-electron chi connectivity index (χ4n) is 4.11. The van der Waals surface area contributed by atoms with Crippen molar-refractivity contribution in [3.63, 3.8) is 0 Å². The molecule has 7 heteroatoms. The Balaban J connectivity index is 1.31. The van der Waals surface area contributed by atoms with E-state index in [1.54, 1.807) is 12.1 Å². The van der Waals surface area contributed by atoms with E-state index in [-0.39, 0.29) is 17.6 Å². The van der Waals surface area contributed by atoms with Gasteiger partial charge in [0.25, 0.3) is 0 Å². The highest BCUT2D eigenvalue weighted by Crippen LogP contribution is 2.41. The van der Waals surface area contributed by atoms with E-state index in [1.165, 1.54) is 0 Å². The standard InChI is InChI=1S/C18H24F2N2O3/c19-18(20)24-16-4-3-13(10-17(16)25-18)11-21-8-5-14(6-9-21)22-7-1-2-15(23)12-22/h3-4,10,14-15,23H,1-2,5-9,11-12H2/t15-/m0/s1. The Morgan fingerprint density at radius 2 is 1.84 bits per heavy atom. The smallest absolute Gasteiger partial charge is 0.395 e. The number of ether oxygens (including phenoxy) is 2. The van der Waals surface area contributed by atoms with Crippen LogP contribution in [0.1, 0.15) is 31.2 Å². The van der Waals surface area contributed by atoms with Gasteiger partial charge in [0.1, 0.15) is 0 Å². The molecule has 0 amide bonds. The lowest BCUT2D eigenvalue weighted by atomic mass is 9.98. The molecule has 3 heterocycles. The van der Waals surface area contributed by atoms with Crippen molar-refractivity contribution in [2.45, 2.75) is 50.7 Å². The normalized spacial score (nSPS) is 27.6. The van der Waals surface area contributed by atoms with Gasteiger partial charge in [0.05, 0.1) is 6.10 Å². The summed E-state index contributed by atoms with van der Waals surface area (Å²) in [6, 6.07) is 5.55. The van der Waals surface area contributed by atoms with Gasteiger partial charge in [-0.2, -0.15) is 0 Å². The summed E-state index contributed by atoms with van der Waals surface area (Å²) in [5, 5.41) is 9.84. The Morgan fingerprint density at radius 3 is 2.60 bits per heavy atom. The molecular weight excluding hydrogens is 330 g/mol. The van der Waals surface area contributed by atoms with Crippen LogP contribution in [0.4, 0.5) is 8.78 Å². The maximum absolute atomic E-state index is 13.1. The van der Waals surface area contributed by atoms with E-state index in [9.17, 15) is 13.9 Å². The number of likely N-dealkylation sites (tertiary alicyclic amines) is 2. The second-order valence-electron chi connectivity index (χ2n) is 7.25. The third kappa shape index (κ3) is 3.88. The van der Waals surface area contributed by atoms with Gasteiger partial charge >= 0.3 is 6.29 Å². The van der Waals surface area contributed by atoms with Crippen molar-refractivity contribution in [2.75, 3.05) is 26.2 Å². The summed E-state index contributed by atoms with van der Waals surface area (Å²) >= 11 is 0. The van der Waals surface area contributed by atoms with E-state index in [0.717, 1.165) is 64.0 Å². The van der Waals surface area contributed by atoms with Crippen LogP contribution in [0.25, 0.3) is 0 Å². The van der Waals surface area contributed by atoms with Crippen LogP contribution >= 0.6 is 0 Å². The average molecular weight is 354 g/mol. The summed E-state index contributed by atoms with van der Waals surface area (Å²) < 4.78 is 35.2. The first-order valence-corrected chi connectivity index (χ1v) is 9.02. The second-order valence-corrected chi connectivity index (χ2v) is 7.25. The number of hydrogen-bond donors (Lipinski definition) is 1. The molecular formula is C18H24F2N2O3. The molecule has 0 bridgehead atoms. The van der Waals surface area contributed by atoms with Gasteiger partial charge in [-0.25, -0.2) is 0 Å². The number of rotatable bonds is 3. The summed E-state index contributed by atoms with van der Waals surface area (Å²) in [7, 11) is 0. The van der Waals surface area contributed by atoms with E-state index in [4.69, 9.17) is 0 Å². The van der Waals surface area contributed by atoms with Gasteiger partial charge in [0.15, 0.2) is 11.5 Å². The maximum atomic E-state index is 13.1. The van der Waals surface area contributed by atoms with Crippen LogP contribution < -0.4 is 9.47 Å². The van der Waals surface area contributed by atoms with E-state index in [1.807, 2.05) is 6.07 Å². The first kappa shape index (κ1) is 17.0. The number of aliphatic hydroxyl groups excluding tert-OH is 1. The molecule has 0 radical (unpaired) electrons. The molecule has 1 N–H and O–H groups in total. The van der Waals surface area contributed by atoms with Crippen LogP contribution in [-0.4, -0.2) is 59.5 Å². The van der Waals surface area contributed by atoms with Crippen molar-refractivity contribution in [2.24, 2.45) is 0 Å². The van der Waals surface area contributed by atoms with Crippen LogP contribution in [0.2, 0.25) is 0 Å². The van der Waals surface area contributed by atoms with Gasteiger partial charge in [0.2, 0.25) is 0 Å². The zero-order valence-corrected chi connectivity index (χ0v) is 14.2. The summed E-state index contributed by atoms with van der Waals surface area (Å²) in [5.41, 5.74) is 0.951. The lowest BCUT2D eigenvalue weighted by Gasteiger charge is -2.41. The molecule has 3 aliphatic rings. The number of halogens is 2. The SMILES string of the molecule is O[C@H]1CCCN(C2CCN(Cc3ccc4c(c3)OC(F)(F)O4)CC2)C1. The van der Waals surface area contributed by atoms with E-state index in [2.05, 4.69) is 19.3 Å². The molecule has 5 nitrogen and oxygen atoms in total. The first-order valence-electron chi connectivity index (χ1n) is 9.02. The molecule has 138 valence electrons. The van der Waals surface area contributed by atoms with Crippen molar-refractivity contribution in [1.29, 1.82) is 0 Å². The van der Waals surface area contributed by atoms with Crippen molar-refractivity contribution >= 4 is 0 Å². The highest BCUT2D eigenvalue weighted by Gasteiger charge is 2.43. The largest absolute Gasteiger partial charge is 0.586 e. The molecule has 0 saturated carbocycles. The van der Waals surface area contributed by atoms with Crippen LogP contribution in [0, 0.1) is 0 Å². The highest BCUT2D eigenvalue weighted by atomic mass is 19.3. The number of alkyl halides is 2. The van der Waals surface area contributed by atoms with Gasteiger partial charge in [-0.15, -0.1) is 8.78 Å². The Hall–Kier alpha value is -1.44. The third-order valence-corrected chi connectivity index (χ3v) is 5.37. The summed E-state index contributed by atoms with van der Waals surface area (Å²) in [4.78, 5) is 4.76. The first-order chi connectivity index (χ1) is 12.0. The van der Waals surface area contributed by atoms with Crippen LogP contribution in [0.5, 0.6) is 11.5 Å². The van der Waals surface area contributed by atoms with E-state index < -0.39 is 6.29 Å². The van der Waals surface area contributed by atoms with Gasteiger partial charge in [-0.05, 0) is 63.0 Å². The minimum absolute atomic E-state index is 0.0936. The molecule has 1 aromatic carbocycles. The summed E-state index contributed by atoms with van der Waals surface area (Å²) in [6.45, 7) is 4.54. The topological polar surface area (TPSA) is 45.2 Å². The fraction of sp³-hybridized carbons (Fsp3) is 0.667. The van der Waals surface area contributed by atoms with Gasteiger partial charge in [0, 0.05) is 19.1 Å². The average Bonchev–Trinajstić information content (AvgIpc) is 2.89. The maximum Gasteiger partial charge on any atom is 0.586 e. The Labute approximate surface area is 146 Å². The molecule has 2 fully saturated rings. The molecule has 2 saturated heterocycles. The molecule has 1 atom stereocenters. The summed E-state index contributed by atoms with van der Waals surface area (Å²) in [6.07, 6.45) is 0.406. The zero-order valence-electron chi connectivity index (χ0n) is 14.2. The molecule has 4 rings (SSSR count). The Kier molecular flexibility index (Phi) is 4.56. The van der Waals surface area contributed by atoms with Gasteiger partial charge in [-0.3, -0.25) is 9.80 Å². The molecule has 1 aromatic rings. The van der Waals surface area contributed by atoms with Crippen molar-refractivity contribution in [3.8, 4) is 11.5 Å². The highest BCUT2D eigenvalue weighted by molar-refractivity contribution is 5.45. The monoisotopic (exact) mass is 354 g/mol. The van der Waals surface area contributed by atoms with E-state index in [0.29, 0.717) is 6.04 Å². The minimum Gasteiger partial charge on any atom is -0.395 e. The zero-order chi connectivity index (χ0) is 17.4. The third-order valence-electron chi connectivity index (χ3n) is 5.37. The lowest BCUT2D eigenvalue weighted by Crippen LogP contribution is -2.49. The molecule has 0 aromatic heterocycles. The quantitative estimate of drug-likeness (QED) is 0.903. The fourth-order valence-corrected chi connectivity index (χ4v) is 4.11. The van der Waals surface area contributed by atoms with E-state index >= 15 is 0 Å². The molecule has 0 unspecified atom stereocenters. The van der Waals surface area contributed by atoms with Crippen LogP contribution in [0.15, 0.2) is 18.2 Å². The Bertz CT molecular complexity index is 620. The van der Waals surface area contributed by atoms with Crippen molar-refractivity contribution in [3.05, 3.63) is 23.8 Å². The number of hydrogen-bond acceptors (Lipinski definition) is 5. The van der Waals surface area contributed by atoms with Gasteiger partial charge in [-0.1, -0.05) is 6.07 Å². The van der Waals surface area contributed by atoms with Crippen molar-refractivity contribution in [1.82, 2.24) is 9.80 Å². The lowest BCUT2D eigenvalue weighted by molar-refractivity contribution is -0.286.